The van der Waals surface area contributed by atoms with Gasteiger partial charge in [-0.15, -0.1) is 0 Å². The number of carbonyl (C=O) groups is 1. The summed E-state index contributed by atoms with van der Waals surface area (Å²) in [6, 6.07) is 5.80. The minimum absolute atomic E-state index is 0.163. The first-order chi connectivity index (χ1) is 16.9. The lowest BCUT2D eigenvalue weighted by molar-refractivity contribution is 0.226. The summed E-state index contributed by atoms with van der Waals surface area (Å²) < 4.78 is 17.2. The summed E-state index contributed by atoms with van der Waals surface area (Å²) in [5.74, 6) is 2.05. The van der Waals surface area contributed by atoms with Gasteiger partial charge in [0.05, 0.1) is 27.0 Å². The van der Waals surface area contributed by atoms with Crippen molar-refractivity contribution in [2.75, 3.05) is 40.2 Å². The first-order valence-electron chi connectivity index (χ1n) is 11.8. The van der Waals surface area contributed by atoms with Gasteiger partial charge in [0.1, 0.15) is 5.75 Å². The third-order valence-electron chi connectivity index (χ3n) is 7.12. The summed E-state index contributed by atoms with van der Waals surface area (Å²) in [6.45, 7) is 0.945. The fourth-order valence-electron chi connectivity index (χ4n) is 5.38. The molecule has 5 rings (SSSR count). The Hall–Kier alpha value is -3.16. The molecule has 7 nitrogen and oxygen atoms in total. The zero-order valence-electron chi connectivity index (χ0n) is 20.5. The Labute approximate surface area is 210 Å². The number of hydrogen-bond donors (Lipinski definition) is 2. The quantitative estimate of drug-likeness (QED) is 0.582. The minimum atomic E-state index is -0.346. The topological polar surface area (TPSA) is 72.1 Å². The Balaban J connectivity index is 1.64. The maximum Gasteiger partial charge on any atom is 0.323 e. The molecule has 8 heteroatoms. The molecule has 2 aliphatic carbocycles. The standard InChI is InChI=1S/C27H30ClN3O4/c1-31-10-9-15-11-23(34-3)26(35-4)25-18-12-16(33-2)13-21(17(18)14-22(31)24(15)25)30-27(32)29-20-8-6-5-7-19(20)28/h6,8,11-13,22H,5,7,9-10,14H2,1-4H3,(H2,29,30,32). The third kappa shape index (κ3) is 4.13. The van der Waals surface area contributed by atoms with Crippen LogP contribution in [0.4, 0.5) is 10.5 Å². The van der Waals surface area contributed by atoms with E-state index in [1.54, 1.807) is 21.3 Å². The van der Waals surface area contributed by atoms with Gasteiger partial charge in [0.2, 0.25) is 0 Å². The highest BCUT2D eigenvalue weighted by atomic mass is 35.5. The average molecular weight is 496 g/mol. The number of urea groups is 1. The predicted octanol–water partition coefficient (Wildman–Crippen LogP) is 5.39. The molecule has 2 amide bonds. The number of fused-ring (bicyclic) bond motifs is 2. The summed E-state index contributed by atoms with van der Waals surface area (Å²) in [6.07, 6.45) is 7.13. The van der Waals surface area contributed by atoms with Crippen LogP contribution in [-0.2, 0) is 12.8 Å². The first-order valence-corrected chi connectivity index (χ1v) is 12.1. The van der Waals surface area contributed by atoms with Gasteiger partial charge in [0.15, 0.2) is 11.5 Å². The number of nitrogens with zero attached hydrogens (tertiary/aromatic N) is 1. The summed E-state index contributed by atoms with van der Waals surface area (Å²) in [7, 11) is 7.10. The van der Waals surface area contributed by atoms with Crippen LogP contribution in [-0.4, -0.2) is 45.9 Å². The molecule has 0 fully saturated rings. The van der Waals surface area contributed by atoms with Gasteiger partial charge in [-0.05, 0) is 73.2 Å². The second-order valence-corrected chi connectivity index (χ2v) is 9.51. The second kappa shape index (κ2) is 9.47. The Kier molecular flexibility index (Phi) is 6.38. The average Bonchev–Trinajstić information content (AvgIpc) is 2.86. The van der Waals surface area contributed by atoms with E-state index in [4.69, 9.17) is 25.8 Å². The number of ether oxygens (including phenoxy) is 3. The van der Waals surface area contributed by atoms with Crippen molar-refractivity contribution >= 4 is 23.3 Å². The zero-order valence-corrected chi connectivity index (χ0v) is 21.2. The van der Waals surface area contributed by atoms with Crippen molar-refractivity contribution in [3.63, 3.8) is 0 Å². The number of methoxy groups -OCH3 is 3. The Bertz CT molecular complexity index is 1250. The number of carbonyl (C=O) groups excluding carboxylic acids is 1. The molecule has 35 heavy (non-hydrogen) atoms. The van der Waals surface area contributed by atoms with Crippen LogP contribution < -0.4 is 24.8 Å². The van der Waals surface area contributed by atoms with E-state index in [-0.39, 0.29) is 12.1 Å². The lowest BCUT2D eigenvalue weighted by Crippen LogP contribution is -2.36. The number of benzene rings is 2. The number of hydrogen-bond acceptors (Lipinski definition) is 5. The Morgan fingerprint density at radius 1 is 1.09 bits per heavy atom. The Morgan fingerprint density at radius 2 is 1.91 bits per heavy atom. The van der Waals surface area contributed by atoms with Crippen molar-refractivity contribution in [2.45, 2.75) is 31.7 Å². The zero-order chi connectivity index (χ0) is 24.7. The summed E-state index contributed by atoms with van der Waals surface area (Å²) >= 11 is 6.32. The molecule has 1 heterocycles. The number of allylic oxidation sites excluding steroid dienone is 3. The maximum absolute atomic E-state index is 13.0. The van der Waals surface area contributed by atoms with Gasteiger partial charge < -0.3 is 24.8 Å². The fraction of sp³-hybridized carbons (Fsp3) is 0.370. The highest BCUT2D eigenvalue weighted by Gasteiger charge is 2.37. The van der Waals surface area contributed by atoms with E-state index < -0.39 is 0 Å². The molecule has 0 radical (unpaired) electrons. The van der Waals surface area contributed by atoms with E-state index >= 15 is 0 Å². The summed E-state index contributed by atoms with van der Waals surface area (Å²) in [5, 5.41) is 6.60. The van der Waals surface area contributed by atoms with Crippen molar-refractivity contribution in [3.8, 4) is 28.4 Å². The van der Waals surface area contributed by atoms with Gasteiger partial charge in [-0.25, -0.2) is 4.79 Å². The van der Waals surface area contributed by atoms with Crippen molar-refractivity contribution in [2.24, 2.45) is 0 Å². The number of anilines is 1. The van der Waals surface area contributed by atoms with Crippen LogP contribution in [0.1, 0.15) is 35.6 Å². The summed E-state index contributed by atoms with van der Waals surface area (Å²) in [5.41, 5.74) is 6.87. The largest absolute Gasteiger partial charge is 0.497 e. The Morgan fingerprint density at radius 3 is 2.63 bits per heavy atom. The highest BCUT2D eigenvalue weighted by Crippen LogP contribution is 2.54. The van der Waals surface area contributed by atoms with E-state index in [0.29, 0.717) is 33.7 Å². The monoisotopic (exact) mass is 495 g/mol. The van der Waals surface area contributed by atoms with Crippen LogP contribution in [0.15, 0.2) is 41.1 Å². The predicted molar refractivity (Wildman–Crippen MR) is 138 cm³/mol. The van der Waals surface area contributed by atoms with Crippen LogP contribution in [0.3, 0.4) is 0 Å². The van der Waals surface area contributed by atoms with Crippen LogP contribution in [0.25, 0.3) is 11.1 Å². The molecule has 0 bridgehead atoms. The molecule has 2 N–H and O–H groups in total. The molecule has 2 aromatic carbocycles. The molecule has 0 aromatic heterocycles. The lowest BCUT2D eigenvalue weighted by atomic mass is 9.76. The number of nitrogens with one attached hydrogen (secondary N) is 2. The van der Waals surface area contributed by atoms with Gasteiger partial charge in [-0.1, -0.05) is 17.7 Å². The fourth-order valence-corrected chi connectivity index (χ4v) is 5.60. The highest BCUT2D eigenvalue weighted by molar-refractivity contribution is 6.30. The molecule has 2 aromatic rings. The van der Waals surface area contributed by atoms with Gasteiger partial charge in [-0.3, -0.25) is 4.90 Å². The van der Waals surface area contributed by atoms with Crippen LogP contribution >= 0.6 is 11.6 Å². The SMILES string of the molecule is COc1cc(NC(=O)NC2=C(Cl)CCC=C2)c2c(c1)-c1c(OC)c(OC)cc3c1C(C2)N(C)CC3. The molecule has 1 atom stereocenters. The molecule has 0 spiro atoms. The molecule has 1 unspecified atom stereocenters. The van der Waals surface area contributed by atoms with Crippen LogP contribution in [0.2, 0.25) is 0 Å². The van der Waals surface area contributed by atoms with Crippen molar-refractivity contribution in [1.29, 1.82) is 0 Å². The van der Waals surface area contributed by atoms with Crippen LogP contribution in [0.5, 0.6) is 17.2 Å². The van der Waals surface area contributed by atoms with E-state index in [9.17, 15) is 4.79 Å². The van der Waals surface area contributed by atoms with Crippen molar-refractivity contribution in [3.05, 3.63) is 57.8 Å². The maximum atomic E-state index is 13.0. The lowest BCUT2D eigenvalue weighted by Gasteiger charge is -2.41. The normalized spacial score (nSPS) is 18.5. The number of halogens is 1. The van der Waals surface area contributed by atoms with E-state index in [1.165, 1.54) is 11.1 Å². The molecule has 0 saturated carbocycles. The molecule has 1 aliphatic heterocycles. The van der Waals surface area contributed by atoms with Crippen molar-refractivity contribution < 1.29 is 19.0 Å². The number of rotatable bonds is 5. The second-order valence-electron chi connectivity index (χ2n) is 9.05. The van der Waals surface area contributed by atoms with Crippen molar-refractivity contribution in [1.82, 2.24) is 10.2 Å². The molecule has 0 saturated heterocycles. The smallest absolute Gasteiger partial charge is 0.323 e. The van der Waals surface area contributed by atoms with Gasteiger partial charge in [0, 0.05) is 34.9 Å². The molecular formula is C27H30ClN3O4. The van der Waals surface area contributed by atoms with E-state index in [1.807, 2.05) is 24.3 Å². The summed E-state index contributed by atoms with van der Waals surface area (Å²) in [4.78, 5) is 15.4. The van der Waals surface area contributed by atoms with Crippen LogP contribution in [0, 0.1) is 0 Å². The third-order valence-corrected chi connectivity index (χ3v) is 7.52. The van der Waals surface area contributed by atoms with Gasteiger partial charge in [-0.2, -0.15) is 0 Å². The number of amides is 2. The molecule has 184 valence electrons. The van der Waals surface area contributed by atoms with E-state index in [2.05, 4.69) is 28.6 Å². The van der Waals surface area contributed by atoms with Gasteiger partial charge in [0.25, 0.3) is 0 Å². The van der Waals surface area contributed by atoms with Gasteiger partial charge >= 0.3 is 6.03 Å². The molecular weight excluding hydrogens is 466 g/mol. The molecule has 3 aliphatic rings. The minimum Gasteiger partial charge on any atom is -0.497 e. The van der Waals surface area contributed by atoms with E-state index in [0.717, 1.165) is 48.9 Å². The first kappa shape index (κ1) is 23.6. The number of likely N-dealkylation sites (N-methyl/N-ethyl adjacent to an activating group) is 1.